The van der Waals surface area contributed by atoms with Crippen LogP contribution in [-0.4, -0.2) is 104 Å². The van der Waals surface area contributed by atoms with E-state index in [1.54, 1.807) is 18.2 Å². The van der Waals surface area contributed by atoms with Crippen LogP contribution >= 0.6 is 0 Å². The fourth-order valence-electron chi connectivity index (χ4n) is 5.54. The predicted molar refractivity (Wildman–Crippen MR) is 158 cm³/mol. The van der Waals surface area contributed by atoms with Crippen LogP contribution in [0, 0.1) is 0 Å². The van der Waals surface area contributed by atoms with Crippen LogP contribution in [0.2, 0.25) is 0 Å². The van der Waals surface area contributed by atoms with Crippen LogP contribution in [0.5, 0.6) is 5.75 Å². The minimum atomic E-state index is -2.73. The van der Waals surface area contributed by atoms with Crippen molar-refractivity contribution in [2.75, 3.05) is 82.0 Å². The highest BCUT2D eigenvalue weighted by Crippen LogP contribution is 2.35. The van der Waals surface area contributed by atoms with Crippen LogP contribution in [-0.2, 0) is 11.2 Å². The summed E-state index contributed by atoms with van der Waals surface area (Å²) in [6, 6.07) is 4.32. The summed E-state index contributed by atoms with van der Waals surface area (Å²) in [6.45, 7) is 3.76. The van der Waals surface area contributed by atoms with Gasteiger partial charge in [-0.1, -0.05) is 6.92 Å². The minimum Gasteiger partial charge on any atom is -0.495 e. The minimum absolute atomic E-state index is 0.0377. The third-order valence-corrected chi connectivity index (χ3v) is 7.84. The molecule has 3 aliphatic rings. The summed E-state index contributed by atoms with van der Waals surface area (Å²) in [6.07, 6.45) is 3.11. The smallest absolute Gasteiger partial charge is 0.271 e. The van der Waals surface area contributed by atoms with Crippen molar-refractivity contribution in [2.24, 2.45) is 5.73 Å². The van der Waals surface area contributed by atoms with Gasteiger partial charge in [-0.05, 0) is 51.2 Å². The molecule has 4 N–H and O–H groups in total. The van der Waals surface area contributed by atoms with Gasteiger partial charge in [-0.2, -0.15) is 0 Å². The number of nitrogens with one attached hydrogen (secondary N) is 2. The molecule has 0 atom stereocenters. The van der Waals surface area contributed by atoms with Gasteiger partial charge in [0.2, 0.25) is 0 Å². The highest BCUT2D eigenvalue weighted by Gasteiger charge is 2.28. The maximum absolute atomic E-state index is 12.4. The second-order valence-electron chi connectivity index (χ2n) is 10.4. The SMILES string of the molecule is [2H]C([2H])([2H])Oc1cc(Nc2nc(NC3CCOCC3)c(CC)nc2C(N)=O)ccc1N1CCC([2H])(N2CCN(C([2H])([2H])[2H])CC2)CC1. The number of rotatable bonds is 9. The second-order valence-corrected chi connectivity index (χ2v) is 10.4. The summed E-state index contributed by atoms with van der Waals surface area (Å²) in [5.74, 6) is 0.0231. The maximum atomic E-state index is 12.4. The van der Waals surface area contributed by atoms with Crippen molar-refractivity contribution in [1.29, 1.82) is 0 Å². The van der Waals surface area contributed by atoms with Crippen molar-refractivity contribution in [2.45, 2.75) is 51.1 Å². The number of hydrogen-bond donors (Lipinski definition) is 3. The molecule has 5 rings (SSSR count). The van der Waals surface area contributed by atoms with Crippen LogP contribution in [0.25, 0.3) is 0 Å². The topological polar surface area (TPSA) is 121 Å². The number of anilines is 4. The van der Waals surface area contributed by atoms with E-state index in [-0.39, 0.29) is 23.3 Å². The number of primary amides is 1. The molecule has 3 aliphatic heterocycles. The molecule has 3 fully saturated rings. The van der Waals surface area contributed by atoms with Crippen LogP contribution < -0.4 is 26.0 Å². The number of benzene rings is 1. The van der Waals surface area contributed by atoms with Crippen LogP contribution in [0.1, 0.15) is 58.4 Å². The summed E-state index contributed by atoms with van der Waals surface area (Å²) in [5.41, 5.74) is 7.24. The van der Waals surface area contributed by atoms with Gasteiger partial charge in [0.1, 0.15) is 5.75 Å². The van der Waals surface area contributed by atoms with Crippen LogP contribution in [0.4, 0.5) is 23.0 Å². The van der Waals surface area contributed by atoms with E-state index in [2.05, 4.69) is 15.6 Å². The summed E-state index contributed by atoms with van der Waals surface area (Å²) in [5, 5.41) is 6.54. The van der Waals surface area contributed by atoms with Crippen molar-refractivity contribution in [3.05, 3.63) is 29.6 Å². The van der Waals surface area contributed by atoms with Crippen molar-refractivity contribution in [1.82, 2.24) is 19.8 Å². The Morgan fingerprint density at radius 2 is 1.90 bits per heavy atom. The number of piperazine rings is 1. The molecule has 1 amide bonds. The number of aromatic nitrogens is 2. The number of methoxy groups -OCH3 is 1. The molecule has 3 saturated heterocycles. The average Bonchev–Trinajstić information content (AvgIpc) is 3.01. The number of piperidine rings is 1. The lowest BCUT2D eigenvalue weighted by Gasteiger charge is -2.42. The summed E-state index contributed by atoms with van der Waals surface area (Å²) < 4.78 is 66.5. The van der Waals surface area contributed by atoms with Gasteiger partial charge in [-0.25, -0.2) is 9.97 Å². The first-order valence-corrected chi connectivity index (χ1v) is 14.1. The molecule has 11 nitrogen and oxygen atoms in total. The maximum Gasteiger partial charge on any atom is 0.271 e. The normalized spacial score (nSPS) is 23.9. The molecular formula is C29H44N8O3. The van der Waals surface area contributed by atoms with E-state index in [4.69, 9.17) is 28.4 Å². The van der Waals surface area contributed by atoms with Gasteiger partial charge in [0, 0.05) is 81.8 Å². The molecule has 40 heavy (non-hydrogen) atoms. The molecular weight excluding hydrogens is 508 g/mol. The molecule has 2 aromatic rings. The number of aryl methyl sites for hydroxylation is 1. The lowest BCUT2D eigenvalue weighted by Crippen LogP contribution is -2.52. The summed E-state index contributed by atoms with van der Waals surface area (Å²) in [7, 11) is -2.73. The number of nitrogens with zero attached hydrogens (tertiary/aromatic N) is 5. The van der Waals surface area contributed by atoms with E-state index in [9.17, 15) is 6.17 Å². The number of carbonyl (C=O) groups is 1. The molecule has 0 saturated carbocycles. The first kappa shape index (κ1) is 20.7. The predicted octanol–water partition coefficient (Wildman–Crippen LogP) is 2.70. The zero-order valence-electron chi connectivity index (χ0n) is 30.0. The Balaban J connectivity index is 1.35. The van der Waals surface area contributed by atoms with Crippen LogP contribution in [0.15, 0.2) is 18.2 Å². The Morgan fingerprint density at radius 3 is 2.58 bits per heavy atom. The zero-order chi connectivity index (χ0) is 34.0. The molecule has 0 aliphatic carbocycles. The van der Waals surface area contributed by atoms with Gasteiger partial charge in [0.15, 0.2) is 17.3 Å². The second kappa shape index (κ2) is 13.0. The zero-order valence-corrected chi connectivity index (χ0v) is 23.0. The molecule has 1 aromatic heterocycles. The lowest BCUT2D eigenvalue weighted by atomic mass is 10.0. The van der Waals surface area contributed by atoms with Gasteiger partial charge in [0.25, 0.3) is 5.91 Å². The molecule has 1 aromatic carbocycles. The van der Waals surface area contributed by atoms with Crippen molar-refractivity contribution < 1.29 is 23.9 Å². The third-order valence-electron chi connectivity index (χ3n) is 7.84. The van der Waals surface area contributed by atoms with Gasteiger partial charge in [-0.3, -0.25) is 9.69 Å². The first-order valence-electron chi connectivity index (χ1n) is 17.6. The van der Waals surface area contributed by atoms with Crippen molar-refractivity contribution in [3.8, 4) is 5.75 Å². The molecule has 218 valence electrons. The standard InChI is InChI=1S/C29H44N8O3/c1-4-23-28(31-20-9-17-40-18-10-20)34-29(26(33-23)27(30)38)32-21-5-6-24(25(19-21)39-3)37-11-7-22(8-12-37)36-15-13-35(2)14-16-36/h5-6,19-20,22H,4,7-18H2,1-3H3,(H2,30,38)(H2,31,32,34)/i2D3,3D3,22D. The number of nitrogens with two attached hydrogens (primary N) is 1. The van der Waals surface area contributed by atoms with Gasteiger partial charge in [-0.15, -0.1) is 0 Å². The number of carbonyl (C=O) groups excluding carboxylic acids is 1. The molecule has 0 spiro atoms. The van der Waals surface area contributed by atoms with Gasteiger partial charge in [0.05, 0.1) is 22.5 Å². The number of likely N-dealkylation sites (N-methyl/N-ethyl adjacent to an activating group) is 1. The Kier molecular flexibility index (Phi) is 6.73. The third kappa shape index (κ3) is 6.59. The van der Waals surface area contributed by atoms with E-state index in [0.29, 0.717) is 94.6 Å². The highest BCUT2D eigenvalue weighted by molar-refractivity contribution is 5.96. The largest absolute Gasteiger partial charge is 0.495 e. The highest BCUT2D eigenvalue weighted by atomic mass is 16.5. The van der Waals surface area contributed by atoms with E-state index in [0.717, 1.165) is 12.8 Å². The van der Waals surface area contributed by atoms with Crippen molar-refractivity contribution in [3.63, 3.8) is 0 Å². The monoisotopic (exact) mass is 559 g/mol. The average molecular weight is 560 g/mol. The number of hydrogen-bond acceptors (Lipinski definition) is 10. The Bertz CT molecular complexity index is 1410. The quantitative estimate of drug-likeness (QED) is 0.423. The van der Waals surface area contributed by atoms with Crippen molar-refractivity contribution >= 4 is 28.9 Å². The van der Waals surface area contributed by atoms with E-state index in [1.807, 2.05) is 16.7 Å². The fourth-order valence-corrected chi connectivity index (χ4v) is 5.54. The molecule has 0 unspecified atom stereocenters. The van der Waals surface area contributed by atoms with E-state index < -0.39 is 25.9 Å². The molecule has 4 heterocycles. The number of amides is 1. The number of ether oxygens (including phenoxy) is 2. The fraction of sp³-hybridized carbons (Fsp3) is 0.621. The molecule has 0 radical (unpaired) electrons. The Hall–Kier alpha value is -3.15. The van der Waals surface area contributed by atoms with Gasteiger partial charge >= 0.3 is 0 Å². The molecule has 0 bridgehead atoms. The Labute approximate surface area is 247 Å². The van der Waals surface area contributed by atoms with Gasteiger partial charge < -0.3 is 35.6 Å². The first-order chi connectivity index (χ1) is 22.1. The van der Waals surface area contributed by atoms with E-state index >= 15 is 0 Å². The van der Waals surface area contributed by atoms with E-state index in [1.165, 1.54) is 4.90 Å². The van der Waals surface area contributed by atoms with Crippen LogP contribution in [0.3, 0.4) is 0 Å². The summed E-state index contributed by atoms with van der Waals surface area (Å²) in [4.78, 5) is 27.1. The lowest BCUT2D eigenvalue weighted by molar-refractivity contribution is 0.0903. The summed E-state index contributed by atoms with van der Waals surface area (Å²) >= 11 is 0. The molecule has 11 heteroatoms. The Morgan fingerprint density at radius 1 is 1.12 bits per heavy atom.